The molecule has 0 rings (SSSR count). The van der Waals surface area contributed by atoms with Crippen LogP contribution in [0.3, 0.4) is 0 Å². The highest BCUT2D eigenvalue weighted by molar-refractivity contribution is 5.71. The van der Waals surface area contributed by atoms with Crippen LogP contribution in [0.5, 0.6) is 0 Å². The van der Waals surface area contributed by atoms with Crippen LogP contribution < -0.4 is 0 Å². The van der Waals surface area contributed by atoms with Crippen LogP contribution in [0.15, 0.2) is 109 Å². The van der Waals surface area contributed by atoms with E-state index in [1.54, 1.807) is 0 Å². The average Bonchev–Trinajstić information content (AvgIpc) is 3.38. The molecule has 0 saturated carbocycles. The molecule has 0 heterocycles. The average molecular weight is 1000 g/mol. The Morgan fingerprint density at radius 2 is 0.542 bits per heavy atom. The van der Waals surface area contributed by atoms with Gasteiger partial charge in [-0.2, -0.15) is 0 Å². The monoisotopic (exact) mass is 999 g/mol. The summed E-state index contributed by atoms with van der Waals surface area (Å²) in [5.74, 6) is -0.958. The zero-order chi connectivity index (χ0) is 52.2. The SMILES string of the molecule is CC/C=C\C/C=C\C/C=C\C/C=C\C/C=C\C/C=C\CCCCC(=O)OCC(COC(=O)CCCCCCC/C=C\CCCCCCCCC)OC(=O)CCCCCCCCC/C=C\C/C=C\CCCCC. The normalized spacial score (nSPS) is 12.9. The summed E-state index contributed by atoms with van der Waals surface area (Å²) < 4.78 is 16.8. The van der Waals surface area contributed by atoms with E-state index >= 15 is 0 Å². The van der Waals surface area contributed by atoms with Crippen molar-refractivity contribution in [2.45, 2.75) is 277 Å². The number of unbranched alkanes of at least 4 members (excludes halogenated alkanes) is 24. The summed E-state index contributed by atoms with van der Waals surface area (Å²) in [6, 6.07) is 0. The van der Waals surface area contributed by atoms with Gasteiger partial charge >= 0.3 is 17.9 Å². The van der Waals surface area contributed by atoms with E-state index in [1.807, 2.05) is 0 Å². The number of carbonyl (C=O) groups excluding carboxylic acids is 3. The zero-order valence-electron chi connectivity index (χ0n) is 46.9. The van der Waals surface area contributed by atoms with Gasteiger partial charge < -0.3 is 14.2 Å². The summed E-state index contributed by atoms with van der Waals surface area (Å²) in [7, 11) is 0. The number of rotatable bonds is 53. The van der Waals surface area contributed by atoms with Gasteiger partial charge in [0.05, 0.1) is 0 Å². The summed E-state index contributed by atoms with van der Waals surface area (Å²) in [6.07, 6.45) is 80.8. The standard InChI is InChI=1S/C66H110O6/c1-4-7-10-13-16-19-22-25-28-31-32-33-34-36-38-41-44-47-50-53-56-59-65(68)71-62-63(61-70-64(67)58-55-52-49-46-43-40-37-30-27-24-21-18-15-12-9-6-3)72-66(69)60-57-54-51-48-45-42-39-35-29-26-23-20-17-14-11-8-5-2/h7,10,16-17,19-20,25-26,28-30,32-33,36-38,44,47,63H,4-6,8-9,11-15,18,21-24,27,31,34-35,39-43,45-46,48-62H2,1-3H3/b10-7-,19-16-,20-17-,28-25-,29-26-,33-32-,37-30-,38-36-,47-44-. The van der Waals surface area contributed by atoms with Crippen LogP contribution in [0.4, 0.5) is 0 Å². The quantitative estimate of drug-likeness (QED) is 0.0261. The summed E-state index contributed by atoms with van der Waals surface area (Å²) in [4.78, 5) is 38.2. The van der Waals surface area contributed by atoms with Crippen LogP contribution >= 0.6 is 0 Å². The Labute approximate surface area is 444 Å². The Balaban J connectivity index is 4.50. The first kappa shape index (κ1) is 68.1. The van der Waals surface area contributed by atoms with E-state index in [-0.39, 0.29) is 31.1 Å². The third kappa shape index (κ3) is 57.0. The fourth-order valence-electron chi connectivity index (χ4n) is 8.00. The van der Waals surface area contributed by atoms with Gasteiger partial charge in [0, 0.05) is 19.3 Å². The molecule has 0 N–H and O–H groups in total. The third-order valence-corrected chi connectivity index (χ3v) is 12.5. The lowest BCUT2D eigenvalue weighted by atomic mass is 10.1. The van der Waals surface area contributed by atoms with Crippen LogP contribution in [0.1, 0.15) is 271 Å². The lowest BCUT2D eigenvalue weighted by molar-refractivity contribution is -0.167. The number of hydrogen-bond acceptors (Lipinski definition) is 6. The molecular weight excluding hydrogens is 889 g/mol. The molecule has 0 radical (unpaired) electrons. The second kappa shape index (κ2) is 59.6. The summed E-state index contributed by atoms with van der Waals surface area (Å²) in [5.41, 5.74) is 0. The first-order valence-electron chi connectivity index (χ1n) is 29.9. The molecule has 6 nitrogen and oxygen atoms in total. The van der Waals surface area contributed by atoms with Gasteiger partial charge in [-0.15, -0.1) is 0 Å². The van der Waals surface area contributed by atoms with Gasteiger partial charge in [0.15, 0.2) is 6.10 Å². The molecule has 6 heteroatoms. The highest BCUT2D eigenvalue weighted by Gasteiger charge is 2.19. The Morgan fingerprint density at radius 3 is 0.917 bits per heavy atom. The minimum Gasteiger partial charge on any atom is -0.462 e. The van der Waals surface area contributed by atoms with Crippen molar-refractivity contribution in [2.24, 2.45) is 0 Å². The van der Waals surface area contributed by atoms with Gasteiger partial charge in [0.1, 0.15) is 13.2 Å². The predicted octanol–water partition coefficient (Wildman–Crippen LogP) is 20.3. The molecule has 1 unspecified atom stereocenters. The van der Waals surface area contributed by atoms with Crippen molar-refractivity contribution < 1.29 is 28.6 Å². The first-order chi connectivity index (χ1) is 35.5. The molecule has 1 atom stereocenters. The van der Waals surface area contributed by atoms with Gasteiger partial charge in [0.2, 0.25) is 0 Å². The number of esters is 3. The minimum atomic E-state index is -0.806. The van der Waals surface area contributed by atoms with Gasteiger partial charge in [-0.1, -0.05) is 233 Å². The maximum Gasteiger partial charge on any atom is 0.306 e. The molecular formula is C66H110O6. The van der Waals surface area contributed by atoms with Crippen molar-refractivity contribution in [3.63, 3.8) is 0 Å². The van der Waals surface area contributed by atoms with Gasteiger partial charge in [-0.3, -0.25) is 14.4 Å². The maximum absolute atomic E-state index is 12.9. The third-order valence-electron chi connectivity index (χ3n) is 12.5. The highest BCUT2D eigenvalue weighted by Crippen LogP contribution is 2.14. The molecule has 0 aliphatic rings. The largest absolute Gasteiger partial charge is 0.462 e. The van der Waals surface area contributed by atoms with E-state index in [0.29, 0.717) is 25.7 Å². The van der Waals surface area contributed by atoms with Crippen LogP contribution in [0.25, 0.3) is 0 Å². The van der Waals surface area contributed by atoms with Crippen LogP contribution in [0.2, 0.25) is 0 Å². The minimum absolute atomic E-state index is 0.101. The Hall–Kier alpha value is -3.93. The lowest BCUT2D eigenvalue weighted by Gasteiger charge is -2.18. The predicted molar refractivity (Wildman–Crippen MR) is 311 cm³/mol. The van der Waals surface area contributed by atoms with Crippen molar-refractivity contribution >= 4 is 17.9 Å². The maximum atomic E-state index is 12.9. The second-order valence-electron chi connectivity index (χ2n) is 19.5. The molecule has 72 heavy (non-hydrogen) atoms. The fourth-order valence-corrected chi connectivity index (χ4v) is 8.00. The van der Waals surface area contributed by atoms with Gasteiger partial charge in [-0.25, -0.2) is 0 Å². The van der Waals surface area contributed by atoms with Gasteiger partial charge in [0.25, 0.3) is 0 Å². The Kier molecular flexibility index (Phi) is 56.4. The summed E-state index contributed by atoms with van der Waals surface area (Å²) in [6.45, 7) is 6.46. The molecule has 0 fully saturated rings. The molecule has 0 aliphatic carbocycles. The van der Waals surface area contributed by atoms with Crippen LogP contribution in [0, 0.1) is 0 Å². The number of ether oxygens (including phenoxy) is 3. The molecule has 0 saturated heterocycles. The molecule has 0 amide bonds. The van der Waals surface area contributed by atoms with E-state index in [2.05, 4.69) is 130 Å². The Morgan fingerprint density at radius 1 is 0.292 bits per heavy atom. The van der Waals surface area contributed by atoms with E-state index in [9.17, 15) is 14.4 Å². The number of hydrogen-bond donors (Lipinski definition) is 0. The van der Waals surface area contributed by atoms with Crippen molar-refractivity contribution in [3.8, 4) is 0 Å². The molecule has 0 aromatic rings. The Bertz CT molecular complexity index is 1470. The first-order valence-corrected chi connectivity index (χ1v) is 29.9. The van der Waals surface area contributed by atoms with Crippen molar-refractivity contribution in [2.75, 3.05) is 13.2 Å². The van der Waals surface area contributed by atoms with Crippen molar-refractivity contribution in [1.82, 2.24) is 0 Å². The molecule has 0 aromatic carbocycles. The molecule has 0 bridgehead atoms. The molecule has 0 aromatic heterocycles. The molecule has 410 valence electrons. The zero-order valence-corrected chi connectivity index (χ0v) is 46.9. The summed E-state index contributed by atoms with van der Waals surface area (Å²) in [5, 5.41) is 0. The topological polar surface area (TPSA) is 78.9 Å². The second-order valence-corrected chi connectivity index (χ2v) is 19.5. The number of allylic oxidation sites excluding steroid dienone is 18. The molecule has 0 spiro atoms. The van der Waals surface area contributed by atoms with Crippen molar-refractivity contribution in [1.29, 1.82) is 0 Å². The van der Waals surface area contributed by atoms with Crippen molar-refractivity contribution in [3.05, 3.63) is 109 Å². The van der Waals surface area contributed by atoms with Crippen LogP contribution in [-0.2, 0) is 28.6 Å². The van der Waals surface area contributed by atoms with Crippen LogP contribution in [-0.4, -0.2) is 37.2 Å². The van der Waals surface area contributed by atoms with Gasteiger partial charge in [-0.05, 0) is 128 Å². The lowest BCUT2D eigenvalue weighted by Crippen LogP contribution is -2.30. The van der Waals surface area contributed by atoms with E-state index in [0.717, 1.165) is 116 Å². The smallest absolute Gasteiger partial charge is 0.306 e. The van der Waals surface area contributed by atoms with E-state index in [1.165, 1.54) is 109 Å². The molecule has 0 aliphatic heterocycles. The number of carbonyl (C=O) groups is 3. The van der Waals surface area contributed by atoms with E-state index in [4.69, 9.17) is 14.2 Å². The fraction of sp³-hybridized carbons (Fsp3) is 0.682. The van der Waals surface area contributed by atoms with E-state index < -0.39 is 6.10 Å². The summed E-state index contributed by atoms with van der Waals surface area (Å²) >= 11 is 0. The highest BCUT2D eigenvalue weighted by atomic mass is 16.6.